The van der Waals surface area contributed by atoms with E-state index >= 15 is 0 Å². The maximum absolute atomic E-state index is 12.8. The molecule has 1 heterocycles. The van der Waals surface area contributed by atoms with Crippen LogP contribution in [0.15, 0.2) is 65.3 Å². The zero-order chi connectivity index (χ0) is 23.3. The van der Waals surface area contributed by atoms with Crippen LogP contribution < -0.4 is 15.2 Å². The molecule has 166 valence electrons. The van der Waals surface area contributed by atoms with Gasteiger partial charge in [-0.25, -0.2) is 4.79 Å². The number of hydrogen-bond acceptors (Lipinski definition) is 7. The van der Waals surface area contributed by atoms with Crippen molar-refractivity contribution in [2.45, 2.75) is 33.3 Å². The molecule has 1 aliphatic rings. The van der Waals surface area contributed by atoms with Crippen molar-refractivity contribution in [3.8, 4) is 17.6 Å². The van der Waals surface area contributed by atoms with Crippen LogP contribution in [0, 0.1) is 18.3 Å². The molecule has 0 amide bonds. The number of carbonyl (C=O) groups excluding carboxylic acids is 1. The summed E-state index contributed by atoms with van der Waals surface area (Å²) in [5.74, 6) is -0.300. The van der Waals surface area contributed by atoms with Crippen LogP contribution in [0.25, 0.3) is 0 Å². The van der Waals surface area contributed by atoms with Crippen LogP contribution in [0.1, 0.15) is 36.5 Å². The molecular weight excluding hydrogens is 408 g/mol. The first kappa shape index (κ1) is 22.8. The standard InChI is InChI=1S/C25H26N2O5/c1-5-30-25(28)21-16(3)32-24(27)19(13-26)22(21)18-11-8-12-20(29-4)23(18)31-14-17-10-7-6-9-15(17)2/h6-12,22H,5,14,27H2,1-4H3. The minimum Gasteiger partial charge on any atom is -0.493 e. The average molecular weight is 434 g/mol. The second kappa shape index (κ2) is 9.92. The SMILES string of the molecule is CCOC(=O)C1=C(C)OC(N)=C(C#N)C1c1cccc(OC)c1OCc1ccccc1C. The first-order valence-corrected chi connectivity index (χ1v) is 10.2. The molecular formula is C25H26N2O5. The molecule has 0 saturated heterocycles. The number of carbonyl (C=O) groups is 1. The Hall–Kier alpha value is -3.92. The number of allylic oxidation sites excluding steroid dienone is 2. The van der Waals surface area contributed by atoms with Gasteiger partial charge < -0.3 is 24.7 Å². The van der Waals surface area contributed by atoms with E-state index in [1.807, 2.05) is 31.2 Å². The van der Waals surface area contributed by atoms with Gasteiger partial charge in [0.15, 0.2) is 11.5 Å². The van der Waals surface area contributed by atoms with Crippen LogP contribution in [0.3, 0.4) is 0 Å². The number of ether oxygens (including phenoxy) is 4. The van der Waals surface area contributed by atoms with Gasteiger partial charge >= 0.3 is 5.97 Å². The van der Waals surface area contributed by atoms with Crippen LogP contribution in [-0.2, 0) is 20.9 Å². The molecule has 0 saturated carbocycles. The summed E-state index contributed by atoms with van der Waals surface area (Å²) in [6.07, 6.45) is 0. The van der Waals surface area contributed by atoms with E-state index < -0.39 is 11.9 Å². The van der Waals surface area contributed by atoms with Gasteiger partial charge in [-0.3, -0.25) is 0 Å². The number of nitrogens with zero attached hydrogens (tertiary/aromatic N) is 1. The first-order valence-electron chi connectivity index (χ1n) is 10.2. The fourth-order valence-electron chi connectivity index (χ4n) is 3.66. The summed E-state index contributed by atoms with van der Waals surface area (Å²) in [4.78, 5) is 12.8. The van der Waals surface area contributed by atoms with Gasteiger partial charge in [0.05, 0.1) is 25.2 Å². The summed E-state index contributed by atoms with van der Waals surface area (Å²) in [6, 6.07) is 15.3. The van der Waals surface area contributed by atoms with Gasteiger partial charge in [0, 0.05) is 5.56 Å². The summed E-state index contributed by atoms with van der Waals surface area (Å²) < 4.78 is 22.5. The minimum atomic E-state index is -0.824. The highest BCUT2D eigenvalue weighted by molar-refractivity contribution is 5.93. The molecule has 0 bridgehead atoms. The lowest BCUT2D eigenvalue weighted by molar-refractivity contribution is -0.139. The lowest BCUT2D eigenvalue weighted by Crippen LogP contribution is -2.26. The molecule has 3 rings (SSSR count). The number of esters is 1. The molecule has 0 aromatic heterocycles. The van der Waals surface area contributed by atoms with Crippen LogP contribution in [0.2, 0.25) is 0 Å². The second-order valence-electron chi connectivity index (χ2n) is 7.21. The maximum Gasteiger partial charge on any atom is 0.338 e. The highest BCUT2D eigenvalue weighted by Crippen LogP contribution is 2.46. The van der Waals surface area contributed by atoms with Gasteiger partial charge in [0.25, 0.3) is 0 Å². The number of aryl methyl sites for hydroxylation is 1. The van der Waals surface area contributed by atoms with Crippen LogP contribution in [-0.4, -0.2) is 19.7 Å². The Balaban J connectivity index is 2.15. The van der Waals surface area contributed by atoms with Crippen molar-refractivity contribution >= 4 is 5.97 Å². The van der Waals surface area contributed by atoms with E-state index in [9.17, 15) is 10.1 Å². The molecule has 0 radical (unpaired) electrons. The number of methoxy groups -OCH3 is 1. The summed E-state index contributed by atoms with van der Waals surface area (Å²) in [6.45, 7) is 5.79. The predicted molar refractivity (Wildman–Crippen MR) is 118 cm³/mol. The van der Waals surface area contributed by atoms with E-state index in [1.54, 1.807) is 32.0 Å². The lowest BCUT2D eigenvalue weighted by Gasteiger charge is -2.28. The number of rotatable bonds is 7. The zero-order valence-corrected chi connectivity index (χ0v) is 18.6. The van der Waals surface area contributed by atoms with Gasteiger partial charge in [-0.15, -0.1) is 0 Å². The highest BCUT2D eigenvalue weighted by Gasteiger charge is 2.38. The van der Waals surface area contributed by atoms with E-state index in [0.29, 0.717) is 17.1 Å². The Morgan fingerprint density at radius 3 is 2.59 bits per heavy atom. The van der Waals surface area contributed by atoms with Crippen LogP contribution in [0.5, 0.6) is 11.5 Å². The third-order valence-electron chi connectivity index (χ3n) is 5.27. The fraction of sp³-hybridized carbons (Fsp3) is 0.280. The van der Waals surface area contributed by atoms with Gasteiger partial charge in [0.1, 0.15) is 24.0 Å². The Kier molecular flexibility index (Phi) is 7.06. The smallest absolute Gasteiger partial charge is 0.338 e. The van der Waals surface area contributed by atoms with Crippen LogP contribution >= 0.6 is 0 Å². The number of hydrogen-bond donors (Lipinski definition) is 1. The molecule has 0 fully saturated rings. The molecule has 7 heteroatoms. The van der Waals surface area contributed by atoms with Crippen molar-refractivity contribution in [2.24, 2.45) is 5.73 Å². The largest absolute Gasteiger partial charge is 0.493 e. The van der Waals surface area contributed by atoms with Gasteiger partial charge in [0.2, 0.25) is 5.88 Å². The quantitative estimate of drug-likeness (QED) is 0.651. The Morgan fingerprint density at radius 2 is 1.94 bits per heavy atom. The third-order valence-corrected chi connectivity index (χ3v) is 5.27. The van der Waals surface area contributed by atoms with E-state index in [4.69, 9.17) is 24.7 Å². The van der Waals surface area contributed by atoms with Gasteiger partial charge in [-0.2, -0.15) is 5.26 Å². The molecule has 7 nitrogen and oxygen atoms in total. The number of para-hydroxylation sites is 1. The molecule has 1 unspecified atom stereocenters. The topological polar surface area (TPSA) is 104 Å². The molecule has 2 N–H and O–H groups in total. The molecule has 2 aromatic carbocycles. The molecule has 1 atom stereocenters. The fourth-order valence-corrected chi connectivity index (χ4v) is 3.66. The van der Waals surface area contributed by atoms with E-state index in [1.165, 1.54) is 7.11 Å². The minimum absolute atomic E-state index is 0.0595. The summed E-state index contributed by atoms with van der Waals surface area (Å²) >= 11 is 0. The zero-order valence-electron chi connectivity index (χ0n) is 18.6. The summed E-state index contributed by atoms with van der Waals surface area (Å²) in [5.41, 5.74) is 8.98. The molecule has 1 aliphatic heterocycles. The number of nitriles is 1. The van der Waals surface area contributed by atoms with Crippen molar-refractivity contribution < 1.29 is 23.7 Å². The summed E-state index contributed by atoms with van der Waals surface area (Å²) in [5, 5.41) is 9.86. The number of nitrogens with two attached hydrogens (primary N) is 1. The van der Waals surface area contributed by atoms with Crippen molar-refractivity contribution in [1.29, 1.82) is 5.26 Å². The van der Waals surface area contributed by atoms with Crippen molar-refractivity contribution in [2.75, 3.05) is 13.7 Å². The number of benzene rings is 2. The normalized spacial score (nSPS) is 15.7. The molecule has 2 aromatic rings. The Labute approximate surface area is 187 Å². The van der Waals surface area contributed by atoms with Crippen molar-refractivity contribution in [3.63, 3.8) is 0 Å². The monoisotopic (exact) mass is 434 g/mol. The predicted octanol–water partition coefficient (Wildman–Crippen LogP) is 4.23. The van der Waals surface area contributed by atoms with E-state index in [-0.39, 0.29) is 36.0 Å². The molecule has 32 heavy (non-hydrogen) atoms. The first-order chi connectivity index (χ1) is 15.4. The maximum atomic E-state index is 12.8. The molecule has 0 aliphatic carbocycles. The second-order valence-corrected chi connectivity index (χ2v) is 7.21. The van der Waals surface area contributed by atoms with E-state index in [0.717, 1.165) is 11.1 Å². The van der Waals surface area contributed by atoms with Gasteiger partial charge in [-0.05, 0) is 38.0 Å². The van der Waals surface area contributed by atoms with E-state index in [2.05, 4.69) is 6.07 Å². The van der Waals surface area contributed by atoms with Crippen molar-refractivity contribution in [1.82, 2.24) is 0 Å². The average Bonchev–Trinajstić information content (AvgIpc) is 2.78. The Morgan fingerprint density at radius 1 is 1.19 bits per heavy atom. The third kappa shape index (κ3) is 4.40. The van der Waals surface area contributed by atoms with Gasteiger partial charge in [-0.1, -0.05) is 36.4 Å². The Bertz CT molecular complexity index is 1130. The molecule has 0 spiro atoms. The highest BCUT2D eigenvalue weighted by atomic mass is 16.5. The lowest BCUT2D eigenvalue weighted by atomic mass is 9.82. The van der Waals surface area contributed by atoms with Crippen molar-refractivity contribution in [3.05, 3.63) is 81.9 Å². The summed E-state index contributed by atoms with van der Waals surface area (Å²) in [7, 11) is 1.53. The van der Waals surface area contributed by atoms with Crippen LogP contribution in [0.4, 0.5) is 0 Å².